The fourth-order valence-electron chi connectivity index (χ4n) is 4.26. The molecule has 1 aliphatic heterocycles. The first-order valence-electron chi connectivity index (χ1n) is 11.4. The van der Waals surface area contributed by atoms with Crippen LogP contribution in [0.15, 0.2) is 61.3 Å². The van der Waals surface area contributed by atoms with Crippen LogP contribution >= 0.6 is 23.2 Å². The smallest absolute Gasteiger partial charge is 0.0954 e. The van der Waals surface area contributed by atoms with E-state index >= 15 is 0 Å². The first-order chi connectivity index (χ1) is 15.9. The molecule has 0 saturated carbocycles. The van der Waals surface area contributed by atoms with Gasteiger partial charge in [-0.2, -0.15) is 0 Å². The molecule has 6 heteroatoms. The Morgan fingerprint density at radius 3 is 2.33 bits per heavy atom. The number of benzene rings is 2. The van der Waals surface area contributed by atoms with E-state index in [9.17, 15) is 0 Å². The minimum atomic E-state index is 0.470. The van der Waals surface area contributed by atoms with E-state index in [0.29, 0.717) is 21.4 Å². The topological polar surface area (TPSA) is 45.4 Å². The number of fused-ring (bicyclic) bond motifs is 1. The third-order valence-corrected chi connectivity index (χ3v) is 7.00. The van der Waals surface area contributed by atoms with E-state index in [-0.39, 0.29) is 0 Å². The van der Waals surface area contributed by atoms with E-state index in [1.54, 1.807) is 0 Å². The lowest BCUT2D eigenvalue weighted by molar-refractivity contribution is 0.209. The third kappa shape index (κ3) is 4.97. The van der Waals surface area contributed by atoms with Crippen LogP contribution in [-0.2, 0) is 0 Å². The molecular formula is C27H30Cl2N4. The Morgan fingerprint density at radius 1 is 1.00 bits per heavy atom. The van der Waals surface area contributed by atoms with Gasteiger partial charge in [0.1, 0.15) is 0 Å². The van der Waals surface area contributed by atoms with Crippen molar-refractivity contribution in [2.24, 2.45) is 0 Å². The van der Waals surface area contributed by atoms with Crippen LogP contribution in [0.3, 0.4) is 0 Å². The van der Waals surface area contributed by atoms with Gasteiger partial charge >= 0.3 is 0 Å². The van der Waals surface area contributed by atoms with Crippen LogP contribution in [0.25, 0.3) is 27.9 Å². The molecule has 1 aliphatic rings. The van der Waals surface area contributed by atoms with Crippen molar-refractivity contribution in [2.75, 3.05) is 31.9 Å². The summed E-state index contributed by atoms with van der Waals surface area (Å²) in [7, 11) is 0. The highest BCUT2D eigenvalue weighted by Crippen LogP contribution is 2.37. The lowest BCUT2D eigenvalue weighted by Gasteiger charge is -2.39. The molecule has 2 heterocycles. The molecule has 0 radical (unpaired) electrons. The first kappa shape index (κ1) is 23.5. The maximum atomic E-state index is 6.64. The van der Waals surface area contributed by atoms with Crippen LogP contribution in [0.2, 0.25) is 10.0 Å². The van der Waals surface area contributed by atoms with Gasteiger partial charge in [0.25, 0.3) is 0 Å². The van der Waals surface area contributed by atoms with Crippen LogP contribution in [0, 0.1) is 0 Å². The molecule has 1 saturated heterocycles. The van der Waals surface area contributed by atoms with Gasteiger partial charge in [-0.1, -0.05) is 74.0 Å². The number of nitrogens with zero attached hydrogens (tertiary/aromatic N) is 3. The molecule has 33 heavy (non-hydrogen) atoms. The Bertz CT molecular complexity index is 1180. The van der Waals surface area contributed by atoms with Crippen molar-refractivity contribution in [3.63, 3.8) is 0 Å². The quantitative estimate of drug-likeness (QED) is 0.392. The Balaban J connectivity index is 1.56. The van der Waals surface area contributed by atoms with Crippen molar-refractivity contribution in [1.29, 1.82) is 0 Å². The summed E-state index contributed by atoms with van der Waals surface area (Å²) in [5.74, 6) is 0. The van der Waals surface area contributed by atoms with Gasteiger partial charge in [0.2, 0.25) is 0 Å². The number of halogens is 2. The molecule has 0 spiro atoms. The standard InChI is InChI=1S/C27H30Cl2N4/c1-4-5-6-18(2)32-13-15-33(16-14-32)19(3)21-9-12-23-24(17-21)31-27(26(30)25(23)29)20-7-10-22(28)11-8-20/h7-12,17H,2-6,13-16,30H2,1H3. The minimum Gasteiger partial charge on any atom is -0.396 e. The predicted octanol–water partition coefficient (Wildman–Crippen LogP) is 7.08. The number of allylic oxidation sites excluding steroid dienone is 1. The van der Waals surface area contributed by atoms with E-state index in [1.807, 2.05) is 36.4 Å². The normalized spacial score (nSPS) is 14.0. The van der Waals surface area contributed by atoms with Crippen LogP contribution in [0.1, 0.15) is 31.7 Å². The molecule has 0 bridgehead atoms. The zero-order valence-electron chi connectivity index (χ0n) is 19.1. The van der Waals surface area contributed by atoms with Crippen molar-refractivity contribution in [2.45, 2.75) is 26.2 Å². The van der Waals surface area contributed by atoms with Gasteiger partial charge < -0.3 is 15.5 Å². The summed E-state index contributed by atoms with van der Waals surface area (Å²) < 4.78 is 0. The van der Waals surface area contributed by atoms with E-state index in [2.05, 4.69) is 35.9 Å². The molecule has 1 fully saturated rings. The van der Waals surface area contributed by atoms with Crippen LogP contribution < -0.4 is 5.73 Å². The molecule has 2 N–H and O–H groups in total. The summed E-state index contributed by atoms with van der Waals surface area (Å²) in [5, 5.41) is 2.01. The molecule has 0 unspecified atom stereocenters. The number of rotatable bonds is 7. The number of piperazine rings is 1. The SMILES string of the molecule is C=C(CCCC)N1CCN(C(=C)c2ccc3c(Cl)c(N)c(-c4ccc(Cl)cc4)nc3c2)CC1. The van der Waals surface area contributed by atoms with Gasteiger partial charge in [-0.15, -0.1) is 0 Å². The molecule has 2 aromatic carbocycles. The number of nitrogen functional groups attached to an aromatic ring is 1. The third-order valence-electron chi connectivity index (χ3n) is 6.34. The van der Waals surface area contributed by atoms with E-state index in [1.165, 1.54) is 18.5 Å². The second-order valence-corrected chi connectivity index (χ2v) is 9.33. The minimum absolute atomic E-state index is 0.470. The maximum absolute atomic E-state index is 6.64. The predicted molar refractivity (Wildman–Crippen MR) is 142 cm³/mol. The fourth-order valence-corrected chi connectivity index (χ4v) is 4.64. The summed E-state index contributed by atoms with van der Waals surface area (Å²) in [6, 6.07) is 13.5. The molecule has 3 aromatic rings. The molecule has 1 aromatic heterocycles. The molecular weight excluding hydrogens is 451 g/mol. The Labute approximate surface area is 206 Å². The number of hydrogen-bond donors (Lipinski definition) is 1. The highest BCUT2D eigenvalue weighted by atomic mass is 35.5. The molecule has 4 rings (SSSR count). The van der Waals surface area contributed by atoms with Gasteiger partial charge in [0, 0.05) is 53.5 Å². The largest absolute Gasteiger partial charge is 0.396 e. The summed E-state index contributed by atoms with van der Waals surface area (Å²) in [6.07, 6.45) is 3.47. The van der Waals surface area contributed by atoms with Crippen molar-refractivity contribution < 1.29 is 0 Å². The summed E-state index contributed by atoms with van der Waals surface area (Å²) >= 11 is 12.7. The fraction of sp³-hybridized carbons (Fsp3) is 0.296. The highest BCUT2D eigenvalue weighted by Gasteiger charge is 2.20. The summed E-state index contributed by atoms with van der Waals surface area (Å²) in [4.78, 5) is 9.60. The number of anilines is 1. The molecule has 0 amide bonds. The van der Waals surface area contributed by atoms with Gasteiger partial charge in [-0.25, -0.2) is 4.98 Å². The second-order valence-electron chi connectivity index (χ2n) is 8.52. The highest BCUT2D eigenvalue weighted by molar-refractivity contribution is 6.38. The number of hydrogen-bond acceptors (Lipinski definition) is 4. The lowest BCUT2D eigenvalue weighted by atomic mass is 10.0. The summed E-state index contributed by atoms with van der Waals surface area (Å²) in [5.41, 5.74) is 12.4. The van der Waals surface area contributed by atoms with Crippen LogP contribution in [0.4, 0.5) is 5.69 Å². The number of nitrogens with two attached hydrogens (primary N) is 1. The van der Waals surface area contributed by atoms with Crippen molar-refractivity contribution in [1.82, 2.24) is 14.8 Å². The Morgan fingerprint density at radius 2 is 1.67 bits per heavy atom. The second kappa shape index (κ2) is 10.1. The van der Waals surface area contributed by atoms with Crippen molar-refractivity contribution in [3.8, 4) is 11.3 Å². The van der Waals surface area contributed by atoms with E-state index in [0.717, 1.165) is 60.3 Å². The van der Waals surface area contributed by atoms with Crippen molar-refractivity contribution >= 4 is 45.5 Å². The van der Waals surface area contributed by atoms with E-state index < -0.39 is 0 Å². The monoisotopic (exact) mass is 480 g/mol. The first-order valence-corrected chi connectivity index (χ1v) is 12.2. The Kier molecular flexibility index (Phi) is 7.16. The lowest BCUT2D eigenvalue weighted by Crippen LogP contribution is -2.44. The van der Waals surface area contributed by atoms with Gasteiger partial charge in [-0.05, 0) is 36.6 Å². The van der Waals surface area contributed by atoms with Crippen molar-refractivity contribution in [3.05, 3.63) is 76.9 Å². The zero-order valence-corrected chi connectivity index (χ0v) is 20.6. The summed E-state index contributed by atoms with van der Waals surface area (Å²) in [6.45, 7) is 14.7. The van der Waals surface area contributed by atoms with E-state index in [4.69, 9.17) is 33.9 Å². The zero-order chi connectivity index (χ0) is 23.5. The maximum Gasteiger partial charge on any atom is 0.0954 e. The van der Waals surface area contributed by atoms with Crippen LogP contribution in [-0.4, -0.2) is 41.0 Å². The average molecular weight is 481 g/mol. The van der Waals surface area contributed by atoms with Crippen LogP contribution in [0.5, 0.6) is 0 Å². The molecule has 172 valence electrons. The van der Waals surface area contributed by atoms with Gasteiger partial charge in [0.05, 0.1) is 21.9 Å². The van der Waals surface area contributed by atoms with Gasteiger partial charge in [-0.3, -0.25) is 0 Å². The number of pyridine rings is 1. The number of unbranched alkanes of at least 4 members (excludes halogenated alkanes) is 1. The average Bonchev–Trinajstić information content (AvgIpc) is 2.84. The Hall–Kier alpha value is -2.69. The number of aromatic nitrogens is 1. The van der Waals surface area contributed by atoms with Gasteiger partial charge in [0.15, 0.2) is 0 Å². The molecule has 0 aliphatic carbocycles. The molecule has 0 atom stereocenters. The molecule has 4 nitrogen and oxygen atoms in total.